The minimum absolute atomic E-state index is 0.224. The first kappa shape index (κ1) is 12.4. The lowest BCUT2D eigenvalue weighted by Crippen LogP contribution is -2.25. The van der Waals surface area contributed by atoms with Crippen molar-refractivity contribution in [1.29, 1.82) is 0 Å². The van der Waals surface area contributed by atoms with Gasteiger partial charge in [0.2, 0.25) is 0 Å². The zero-order chi connectivity index (χ0) is 12.1. The Morgan fingerprint density at radius 1 is 1.29 bits per heavy atom. The molecule has 1 atom stereocenters. The Morgan fingerprint density at radius 3 is 2.94 bits per heavy atom. The fourth-order valence-electron chi connectivity index (χ4n) is 2.65. The number of anilines is 1. The second-order valence-electron chi connectivity index (χ2n) is 5.00. The molecule has 1 aromatic carbocycles. The molecule has 94 valence electrons. The predicted molar refractivity (Wildman–Crippen MR) is 74.3 cm³/mol. The Bertz CT molecular complexity index is 349. The third kappa shape index (κ3) is 3.01. The molecule has 2 nitrogen and oxygen atoms in total. The summed E-state index contributed by atoms with van der Waals surface area (Å²) in [5, 5.41) is 0. The molecule has 1 aromatic rings. The fraction of sp³-hybridized carbons (Fsp3) is 0.600. The molecule has 0 saturated heterocycles. The van der Waals surface area contributed by atoms with Gasteiger partial charge in [0.15, 0.2) is 0 Å². The smallest absolute Gasteiger partial charge is 0.0414 e. The first-order valence-corrected chi connectivity index (χ1v) is 6.92. The highest BCUT2D eigenvalue weighted by molar-refractivity contribution is 5.55. The number of hydrogen-bond donors (Lipinski definition) is 1. The van der Waals surface area contributed by atoms with Gasteiger partial charge < -0.3 is 10.6 Å². The van der Waals surface area contributed by atoms with E-state index in [0.29, 0.717) is 0 Å². The van der Waals surface area contributed by atoms with Gasteiger partial charge in [0.25, 0.3) is 0 Å². The van der Waals surface area contributed by atoms with Gasteiger partial charge in [-0.2, -0.15) is 0 Å². The Balaban J connectivity index is 2.14. The molecule has 0 aromatic heterocycles. The van der Waals surface area contributed by atoms with E-state index in [0.717, 1.165) is 13.0 Å². The SMILES string of the molecule is CCCCCN1CCCC(N)c2ccccc21. The summed E-state index contributed by atoms with van der Waals surface area (Å²) >= 11 is 0. The molecule has 1 aliphatic rings. The molecule has 17 heavy (non-hydrogen) atoms. The zero-order valence-corrected chi connectivity index (χ0v) is 10.9. The quantitative estimate of drug-likeness (QED) is 0.805. The van der Waals surface area contributed by atoms with Crippen LogP contribution in [0.5, 0.6) is 0 Å². The monoisotopic (exact) mass is 232 g/mol. The lowest BCUT2D eigenvalue weighted by molar-refractivity contribution is 0.616. The maximum Gasteiger partial charge on any atom is 0.0414 e. The van der Waals surface area contributed by atoms with Crippen molar-refractivity contribution in [2.75, 3.05) is 18.0 Å². The summed E-state index contributed by atoms with van der Waals surface area (Å²) in [6.07, 6.45) is 6.23. The highest BCUT2D eigenvalue weighted by Crippen LogP contribution is 2.31. The van der Waals surface area contributed by atoms with Gasteiger partial charge in [-0.15, -0.1) is 0 Å². The van der Waals surface area contributed by atoms with Crippen LogP contribution in [0.25, 0.3) is 0 Å². The average molecular weight is 232 g/mol. The maximum atomic E-state index is 6.24. The lowest BCUT2D eigenvalue weighted by atomic mass is 10.0. The summed E-state index contributed by atoms with van der Waals surface area (Å²) in [6, 6.07) is 8.88. The van der Waals surface area contributed by atoms with Crippen LogP contribution >= 0.6 is 0 Å². The molecule has 0 spiro atoms. The van der Waals surface area contributed by atoms with Crippen LogP contribution in [0.15, 0.2) is 24.3 Å². The Hall–Kier alpha value is -1.02. The number of nitrogens with two attached hydrogens (primary N) is 1. The number of nitrogens with zero attached hydrogens (tertiary/aromatic N) is 1. The summed E-state index contributed by atoms with van der Waals surface area (Å²) in [5.74, 6) is 0. The van der Waals surface area contributed by atoms with Crippen LogP contribution in [-0.2, 0) is 0 Å². The number of hydrogen-bond acceptors (Lipinski definition) is 2. The van der Waals surface area contributed by atoms with Crippen molar-refractivity contribution in [2.24, 2.45) is 5.73 Å². The number of unbranched alkanes of at least 4 members (excludes halogenated alkanes) is 2. The molecule has 0 amide bonds. The van der Waals surface area contributed by atoms with Crippen molar-refractivity contribution in [2.45, 2.75) is 45.1 Å². The van der Waals surface area contributed by atoms with Gasteiger partial charge in [-0.3, -0.25) is 0 Å². The van der Waals surface area contributed by atoms with Crippen LogP contribution in [0, 0.1) is 0 Å². The van der Waals surface area contributed by atoms with Crippen molar-refractivity contribution in [3.8, 4) is 0 Å². The van der Waals surface area contributed by atoms with Crippen molar-refractivity contribution >= 4 is 5.69 Å². The van der Waals surface area contributed by atoms with Gasteiger partial charge in [-0.05, 0) is 30.9 Å². The van der Waals surface area contributed by atoms with Gasteiger partial charge >= 0.3 is 0 Å². The van der Waals surface area contributed by atoms with Crippen LogP contribution < -0.4 is 10.6 Å². The molecule has 0 radical (unpaired) electrons. The summed E-state index contributed by atoms with van der Waals surface area (Å²) in [4.78, 5) is 2.53. The zero-order valence-electron chi connectivity index (χ0n) is 10.9. The predicted octanol–water partition coefficient (Wildman–Crippen LogP) is 3.48. The number of para-hydroxylation sites is 1. The van der Waals surface area contributed by atoms with E-state index in [1.807, 2.05) is 0 Å². The van der Waals surface area contributed by atoms with E-state index in [-0.39, 0.29) is 6.04 Å². The molecule has 2 rings (SSSR count). The topological polar surface area (TPSA) is 29.3 Å². The number of rotatable bonds is 4. The second kappa shape index (κ2) is 6.06. The van der Waals surface area contributed by atoms with Crippen molar-refractivity contribution in [3.05, 3.63) is 29.8 Å². The average Bonchev–Trinajstić information content (AvgIpc) is 2.51. The second-order valence-corrected chi connectivity index (χ2v) is 5.00. The fourth-order valence-corrected chi connectivity index (χ4v) is 2.65. The van der Waals surface area contributed by atoms with E-state index in [4.69, 9.17) is 5.73 Å². The molecule has 0 saturated carbocycles. The van der Waals surface area contributed by atoms with Gasteiger partial charge in [-0.25, -0.2) is 0 Å². The van der Waals surface area contributed by atoms with E-state index in [1.165, 1.54) is 43.5 Å². The van der Waals surface area contributed by atoms with E-state index < -0.39 is 0 Å². The normalized spacial score (nSPS) is 19.9. The van der Waals surface area contributed by atoms with Crippen molar-refractivity contribution < 1.29 is 0 Å². The van der Waals surface area contributed by atoms with E-state index in [1.54, 1.807) is 0 Å². The lowest BCUT2D eigenvalue weighted by Gasteiger charge is -2.25. The van der Waals surface area contributed by atoms with Crippen LogP contribution in [0.3, 0.4) is 0 Å². The summed E-state index contributed by atoms with van der Waals surface area (Å²) in [5.41, 5.74) is 8.94. The van der Waals surface area contributed by atoms with Crippen LogP contribution in [0.1, 0.15) is 50.6 Å². The molecular weight excluding hydrogens is 208 g/mol. The van der Waals surface area contributed by atoms with Crippen LogP contribution in [-0.4, -0.2) is 13.1 Å². The molecule has 0 bridgehead atoms. The highest BCUT2D eigenvalue weighted by atomic mass is 15.1. The first-order valence-electron chi connectivity index (χ1n) is 6.92. The maximum absolute atomic E-state index is 6.24. The summed E-state index contributed by atoms with van der Waals surface area (Å²) in [7, 11) is 0. The molecule has 0 aliphatic carbocycles. The molecule has 1 unspecified atom stereocenters. The largest absolute Gasteiger partial charge is 0.371 e. The van der Waals surface area contributed by atoms with Crippen molar-refractivity contribution in [1.82, 2.24) is 0 Å². The Morgan fingerprint density at radius 2 is 2.12 bits per heavy atom. The van der Waals surface area contributed by atoms with Crippen LogP contribution in [0.4, 0.5) is 5.69 Å². The molecular formula is C15H24N2. The number of fused-ring (bicyclic) bond motifs is 1. The molecule has 0 fully saturated rings. The van der Waals surface area contributed by atoms with E-state index in [9.17, 15) is 0 Å². The van der Waals surface area contributed by atoms with Crippen LogP contribution in [0.2, 0.25) is 0 Å². The molecule has 1 aliphatic heterocycles. The first-order chi connectivity index (χ1) is 8.33. The minimum atomic E-state index is 0.224. The van der Waals surface area contributed by atoms with E-state index in [2.05, 4.69) is 36.1 Å². The number of benzene rings is 1. The summed E-state index contributed by atoms with van der Waals surface area (Å²) < 4.78 is 0. The third-order valence-corrected chi connectivity index (χ3v) is 3.65. The Labute approximate surface area is 105 Å². The van der Waals surface area contributed by atoms with Gasteiger partial charge in [0.05, 0.1) is 0 Å². The standard InChI is InChI=1S/C15H24N2/c1-2-3-6-11-17-12-7-9-14(16)13-8-4-5-10-15(13)17/h4-5,8,10,14H,2-3,6-7,9,11-12,16H2,1H3. The minimum Gasteiger partial charge on any atom is -0.371 e. The highest BCUT2D eigenvalue weighted by Gasteiger charge is 2.19. The third-order valence-electron chi connectivity index (χ3n) is 3.65. The molecule has 1 heterocycles. The van der Waals surface area contributed by atoms with E-state index >= 15 is 0 Å². The molecule has 2 N–H and O–H groups in total. The Kier molecular flexibility index (Phi) is 4.43. The summed E-state index contributed by atoms with van der Waals surface area (Å²) in [6.45, 7) is 4.60. The van der Waals surface area contributed by atoms with Gasteiger partial charge in [0.1, 0.15) is 0 Å². The van der Waals surface area contributed by atoms with Gasteiger partial charge in [0, 0.05) is 24.8 Å². The van der Waals surface area contributed by atoms with Gasteiger partial charge in [-0.1, -0.05) is 38.0 Å². The van der Waals surface area contributed by atoms with Crippen molar-refractivity contribution in [3.63, 3.8) is 0 Å². The molecule has 2 heteroatoms.